The van der Waals surface area contributed by atoms with Crippen LogP contribution in [0.4, 0.5) is 0 Å². The molecule has 0 radical (unpaired) electrons. The normalized spacial score (nSPS) is 17.8. The summed E-state index contributed by atoms with van der Waals surface area (Å²) in [5, 5.41) is 15.8. The molecule has 0 fully saturated rings. The second kappa shape index (κ2) is 8.40. The Bertz CT molecular complexity index is 2520. The van der Waals surface area contributed by atoms with Crippen LogP contribution in [0, 0.1) is 16.6 Å². The Balaban J connectivity index is 1.58. The fourth-order valence-corrected chi connectivity index (χ4v) is 7.45. The van der Waals surface area contributed by atoms with Gasteiger partial charge in [0.05, 0.1) is 32.8 Å². The van der Waals surface area contributed by atoms with Gasteiger partial charge in [-0.25, -0.2) is 0 Å². The second-order valence-electron chi connectivity index (χ2n) is 11.7. The molecule has 202 valence electrons. The zero-order valence-corrected chi connectivity index (χ0v) is 23.8. The molecule has 3 aromatic heterocycles. The van der Waals surface area contributed by atoms with E-state index in [9.17, 15) is 0 Å². The van der Waals surface area contributed by atoms with Crippen LogP contribution >= 0.6 is 0 Å². The van der Waals surface area contributed by atoms with E-state index in [4.69, 9.17) is 0 Å². The number of aromatic amines is 3. The third kappa shape index (κ3) is 3.01. The first-order chi connectivity index (χ1) is 20.6. The molecular formula is C38H30N4. The van der Waals surface area contributed by atoms with E-state index in [0.29, 0.717) is 0 Å². The number of rotatable bonds is 0. The fraction of sp³-hybridized carbons (Fsp3) is 0.105. The van der Waals surface area contributed by atoms with Crippen molar-refractivity contribution in [1.82, 2.24) is 20.3 Å². The van der Waals surface area contributed by atoms with Crippen molar-refractivity contribution < 1.29 is 0 Å². The van der Waals surface area contributed by atoms with Gasteiger partial charge in [-0.05, 0) is 43.1 Å². The molecule has 1 aliphatic carbocycles. The summed E-state index contributed by atoms with van der Waals surface area (Å²) >= 11 is 0. The fourth-order valence-electron chi connectivity index (χ4n) is 7.45. The zero-order chi connectivity index (χ0) is 28.1. The molecule has 1 unspecified atom stereocenters. The Morgan fingerprint density at radius 3 is 1.60 bits per heavy atom. The van der Waals surface area contributed by atoms with Gasteiger partial charge in [0, 0.05) is 49.6 Å². The van der Waals surface area contributed by atoms with Crippen molar-refractivity contribution in [3.63, 3.8) is 0 Å². The first kappa shape index (κ1) is 23.5. The summed E-state index contributed by atoms with van der Waals surface area (Å²) in [6, 6.07) is 26.3. The molecule has 3 aromatic carbocycles. The summed E-state index contributed by atoms with van der Waals surface area (Å²) in [4.78, 5) is 11.7. The van der Waals surface area contributed by atoms with Crippen molar-refractivity contribution in [2.45, 2.75) is 20.8 Å². The molecule has 6 aromatic rings. The highest BCUT2D eigenvalue weighted by Crippen LogP contribution is 2.41. The van der Waals surface area contributed by atoms with Gasteiger partial charge in [0.2, 0.25) is 0 Å². The van der Waals surface area contributed by atoms with Crippen molar-refractivity contribution in [2.24, 2.45) is 5.92 Å². The quantitative estimate of drug-likeness (QED) is 0.162. The smallest absolute Gasteiger partial charge is 0.0710 e. The molecule has 5 heterocycles. The highest BCUT2D eigenvalue weighted by atomic mass is 15.0. The third-order valence-electron chi connectivity index (χ3n) is 9.56. The highest BCUT2D eigenvalue weighted by molar-refractivity contribution is 6.01. The van der Waals surface area contributed by atoms with Gasteiger partial charge < -0.3 is 20.3 Å². The standard InChI is InChI=1S/C38H30N4/c1-20-31-23-12-4-6-14-25(23)33(39-31)21(2)35-27-16-8-10-18-29(27)37(41-35)38-30-19-11-9-17-28(30)36(42-38)22(3)34-26-15-7-5-13-24(26)32(20)40-34/h4-19,23,39-42H,1-3H3. The number of hydrogen-bond acceptors (Lipinski definition) is 1. The van der Waals surface area contributed by atoms with E-state index in [2.05, 4.69) is 138 Å². The summed E-state index contributed by atoms with van der Waals surface area (Å²) in [6.07, 6.45) is 8.92. The molecule has 2 aliphatic heterocycles. The van der Waals surface area contributed by atoms with Gasteiger partial charge in [0.25, 0.3) is 0 Å². The van der Waals surface area contributed by atoms with E-state index >= 15 is 0 Å². The number of fused-ring (bicyclic) bond motifs is 19. The van der Waals surface area contributed by atoms with E-state index in [1.807, 2.05) is 0 Å². The van der Waals surface area contributed by atoms with Crippen molar-refractivity contribution in [2.75, 3.05) is 0 Å². The highest BCUT2D eigenvalue weighted by Gasteiger charge is 2.31. The van der Waals surface area contributed by atoms with E-state index < -0.39 is 0 Å². The van der Waals surface area contributed by atoms with Gasteiger partial charge in [0.1, 0.15) is 0 Å². The average molecular weight is 543 g/mol. The van der Waals surface area contributed by atoms with Gasteiger partial charge in [-0.3, -0.25) is 0 Å². The summed E-state index contributed by atoms with van der Waals surface area (Å²) in [5.74, 6) is 0.176. The molecule has 0 amide bonds. The van der Waals surface area contributed by atoms with Crippen molar-refractivity contribution in [3.8, 4) is 0 Å². The average Bonchev–Trinajstić information content (AvgIpc) is 3.80. The third-order valence-corrected chi connectivity index (χ3v) is 9.56. The molecule has 8 bridgehead atoms. The maximum atomic E-state index is 3.94. The molecule has 0 saturated heterocycles. The lowest BCUT2D eigenvalue weighted by atomic mass is 9.90. The van der Waals surface area contributed by atoms with Crippen LogP contribution < -0.4 is 16.0 Å². The van der Waals surface area contributed by atoms with E-state index in [-0.39, 0.29) is 5.92 Å². The topological polar surface area (TPSA) is 59.4 Å². The Morgan fingerprint density at radius 1 is 0.500 bits per heavy atom. The molecule has 1 atom stereocenters. The van der Waals surface area contributed by atoms with Crippen LogP contribution in [0.5, 0.6) is 0 Å². The lowest BCUT2D eigenvalue weighted by Crippen LogP contribution is -2.16. The van der Waals surface area contributed by atoms with Gasteiger partial charge >= 0.3 is 0 Å². The Morgan fingerprint density at radius 2 is 1.00 bits per heavy atom. The second-order valence-corrected chi connectivity index (χ2v) is 11.7. The molecule has 0 saturated carbocycles. The lowest BCUT2D eigenvalue weighted by Gasteiger charge is -2.15. The van der Waals surface area contributed by atoms with Crippen LogP contribution in [0.3, 0.4) is 0 Å². The van der Waals surface area contributed by atoms with E-state index in [0.717, 1.165) is 27.1 Å². The maximum Gasteiger partial charge on any atom is 0.0710 e. The molecular weight excluding hydrogens is 512 g/mol. The largest absolute Gasteiger partial charge is 0.357 e. The van der Waals surface area contributed by atoms with E-state index in [1.165, 1.54) is 71.7 Å². The lowest BCUT2D eigenvalue weighted by molar-refractivity contribution is 0.896. The van der Waals surface area contributed by atoms with Gasteiger partial charge in [-0.2, -0.15) is 0 Å². The van der Waals surface area contributed by atoms with Gasteiger partial charge in [-0.1, -0.05) is 97.1 Å². The number of hydrogen-bond donors (Lipinski definition) is 4. The molecule has 4 N–H and O–H groups in total. The van der Waals surface area contributed by atoms with Crippen LogP contribution in [-0.4, -0.2) is 15.0 Å². The minimum Gasteiger partial charge on any atom is -0.357 e. The molecule has 0 spiro atoms. The van der Waals surface area contributed by atoms with E-state index in [1.54, 1.807) is 0 Å². The van der Waals surface area contributed by atoms with Crippen molar-refractivity contribution >= 4 is 49.0 Å². The summed E-state index contributed by atoms with van der Waals surface area (Å²) < 4.78 is 0. The number of aromatic nitrogens is 3. The van der Waals surface area contributed by atoms with Crippen LogP contribution in [0.25, 0.3) is 49.0 Å². The molecule has 3 aliphatic rings. The molecule has 4 heteroatoms. The summed E-state index contributed by atoms with van der Waals surface area (Å²) in [5.41, 5.74) is 9.69. The minimum absolute atomic E-state index is 0.176. The van der Waals surface area contributed by atoms with Crippen LogP contribution in [0.1, 0.15) is 32.2 Å². The van der Waals surface area contributed by atoms with Crippen LogP contribution in [0.15, 0.2) is 114 Å². The number of H-pyrrole nitrogens is 3. The van der Waals surface area contributed by atoms with Gasteiger partial charge in [-0.15, -0.1) is 0 Å². The first-order valence-corrected chi connectivity index (χ1v) is 14.7. The predicted molar refractivity (Wildman–Crippen MR) is 174 cm³/mol. The zero-order valence-electron chi connectivity index (χ0n) is 23.8. The molecule has 9 rings (SSSR count). The monoisotopic (exact) mass is 542 g/mol. The SMILES string of the molecule is CC1=C2NC(=C3C=CC=CC32)C(C)=c2[nH]c(c3ccccc23)=c2[nH]c(c3ccccc23)=C(C)c2[nH]c1c1ccccc21. The van der Waals surface area contributed by atoms with Crippen molar-refractivity contribution in [1.29, 1.82) is 0 Å². The molecule has 42 heavy (non-hydrogen) atoms. The number of allylic oxidation sites excluding steroid dienone is 6. The Hall–Kier alpha value is -5.22. The Labute approximate surface area is 242 Å². The van der Waals surface area contributed by atoms with Crippen LogP contribution in [-0.2, 0) is 0 Å². The molecule has 4 nitrogen and oxygen atoms in total. The number of benzene rings is 3. The Kier molecular flexibility index (Phi) is 4.70. The first-order valence-electron chi connectivity index (χ1n) is 14.7. The van der Waals surface area contributed by atoms with Crippen molar-refractivity contribution in [3.05, 3.63) is 147 Å². The summed E-state index contributed by atoms with van der Waals surface area (Å²) in [6.45, 7) is 6.74. The van der Waals surface area contributed by atoms with Gasteiger partial charge in [0.15, 0.2) is 0 Å². The van der Waals surface area contributed by atoms with Crippen LogP contribution in [0.2, 0.25) is 0 Å². The predicted octanol–water partition coefficient (Wildman–Crippen LogP) is 7.15. The minimum atomic E-state index is 0.176. The maximum absolute atomic E-state index is 3.94. The number of nitrogens with one attached hydrogen (secondary N) is 4. The summed E-state index contributed by atoms with van der Waals surface area (Å²) in [7, 11) is 0.